The zero-order valence-corrected chi connectivity index (χ0v) is 12.4. The van der Waals surface area contributed by atoms with Crippen LogP contribution < -0.4 is 10.1 Å². The summed E-state index contributed by atoms with van der Waals surface area (Å²) in [6.07, 6.45) is 2.12. The number of rotatable bonds is 8. The first-order chi connectivity index (χ1) is 10.3. The van der Waals surface area contributed by atoms with Crippen LogP contribution in [0.4, 0.5) is 4.39 Å². The Kier molecular flexibility index (Phi) is 6.22. The number of halogens is 1. The quantitative estimate of drug-likeness (QED) is 0.742. The maximum atomic E-state index is 13.1. The number of benzene rings is 2. The van der Waals surface area contributed by atoms with Crippen LogP contribution >= 0.6 is 0 Å². The van der Waals surface area contributed by atoms with Crippen molar-refractivity contribution < 1.29 is 9.13 Å². The van der Waals surface area contributed by atoms with E-state index < -0.39 is 0 Å². The molecule has 0 unspecified atom stereocenters. The van der Waals surface area contributed by atoms with Gasteiger partial charge in [-0.25, -0.2) is 4.39 Å². The molecule has 0 amide bonds. The summed E-state index contributed by atoms with van der Waals surface area (Å²) in [5, 5.41) is 3.40. The molecule has 0 aliphatic rings. The SMILES string of the molecule is CCCNCCc1ccccc1COc1cccc(F)c1. The predicted molar refractivity (Wildman–Crippen MR) is 84.0 cm³/mol. The van der Waals surface area contributed by atoms with E-state index in [0.29, 0.717) is 12.4 Å². The highest BCUT2D eigenvalue weighted by Gasteiger charge is 2.03. The zero-order chi connectivity index (χ0) is 14.9. The highest BCUT2D eigenvalue weighted by Crippen LogP contribution is 2.16. The average Bonchev–Trinajstić information content (AvgIpc) is 2.50. The van der Waals surface area contributed by atoms with Gasteiger partial charge in [0.05, 0.1) is 0 Å². The monoisotopic (exact) mass is 287 g/mol. The molecule has 2 aromatic carbocycles. The van der Waals surface area contributed by atoms with Crippen LogP contribution in [-0.2, 0) is 13.0 Å². The summed E-state index contributed by atoms with van der Waals surface area (Å²) in [6.45, 7) is 4.63. The van der Waals surface area contributed by atoms with E-state index in [4.69, 9.17) is 4.74 Å². The third kappa shape index (κ3) is 5.20. The Labute approximate surface area is 126 Å². The summed E-state index contributed by atoms with van der Waals surface area (Å²) in [6, 6.07) is 14.5. The first kappa shape index (κ1) is 15.5. The minimum absolute atomic E-state index is 0.274. The minimum atomic E-state index is -0.274. The second-order valence-electron chi connectivity index (χ2n) is 5.01. The summed E-state index contributed by atoms with van der Waals surface area (Å²) in [7, 11) is 0. The predicted octanol–water partition coefficient (Wildman–Crippen LogP) is 3.95. The summed E-state index contributed by atoms with van der Waals surface area (Å²) in [4.78, 5) is 0. The lowest BCUT2D eigenvalue weighted by molar-refractivity contribution is 0.303. The van der Waals surface area contributed by atoms with Gasteiger partial charge in [-0.05, 0) is 49.2 Å². The molecule has 3 heteroatoms. The fourth-order valence-corrected chi connectivity index (χ4v) is 2.18. The first-order valence-electron chi connectivity index (χ1n) is 7.45. The summed E-state index contributed by atoms with van der Waals surface area (Å²) >= 11 is 0. The Morgan fingerprint density at radius 3 is 2.57 bits per heavy atom. The van der Waals surface area contributed by atoms with Crippen molar-refractivity contribution in [1.29, 1.82) is 0 Å². The molecule has 2 aromatic rings. The van der Waals surface area contributed by atoms with Gasteiger partial charge in [-0.2, -0.15) is 0 Å². The maximum Gasteiger partial charge on any atom is 0.126 e. The summed E-state index contributed by atoms with van der Waals surface area (Å²) < 4.78 is 18.8. The van der Waals surface area contributed by atoms with Gasteiger partial charge in [0.15, 0.2) is 0 Å². The normalized spacial score (nSPS) is 10.6. The Morgan fingerprint density at radius 1 is 1.00 bits per heavy atom. The molecule has 0 atom stereocenters. The molecule has 2 rings (SSSR count). The van der Waals surface area contributed by atoms with Gasteiger partial charge >= 0.3 is 0 Å². The zero-order valence-electron chi connectivity index (χ0n) is 12.4. The molecular weight excluding hydrogens is 265 g/mol. The minimum Gasteiger partial charge on any atom is -0.489 e. The molecule has 112 valence electrons. The van der Waals surface area contributed by atoms with Crippen LogP contribution in [-0.4, -0.2) is 13.1 Å². The van der Waals surface area contributed by atoms with Gasteiger partial charge in [-0.15, -0.1) is 0 Å². The number of hydrogen-bond donors (Lipinski definition) is 1. The van der Waals surface area contributed by atoms with Crippen molar-refractivity contribution in [3.05, 3.63) is 65.5 Å². The fraction of sp³-hybridized carbons (Fsp3) is 0.333. The van der Waals surface area contributed by atoms with Crippen LogP contribution in [0.1, 0.15) is 24.5 Å². The molecule has 0 aliphatic carbocycles. The second-order valence-corrected chi connectivity index (χ2v) is 5.01. The van der Waals surface area contributed by atoms with E-state index in [-0.39, 0.29) is 5.82 Å². The molecule has 1 N–H and O–H groups in total. The molecule has 0 saturated heterocycles. The van der Waals surface area contributed by atoms with Crippen molar-refractivity contribution in [2.75, 3.05) is 13.1 Å². The molecular formula is C18H22FNO. The van der Waals surface area contributed by atoms with E-state index in [2.05, 4.69) is 24.4 Å². The van der Waals surface area contributed by atoms with Crippen LogP contribution in [0.3, 0.4) is 0 Å². The van der Waals surface area contributed by atoms with Crippen molar-refractivity contribution >= 4 is 0 Å². The highest BCUT2D eigenvalue weighted by molar-refractivity contribution is 5.28. The Bertz CT molecular complexity index is 556. The van der Waals surface area contributed by atoms with Gasteiger partial charge in [0.25, 0.3) is 0 Å². The lowest BCUT2D eigenvalue weighted by atomic mass is 10.1. The fourth-order valence-electron chi connectivity index (χ4n) is 2.18. The Balaban J connectivity index is 1.93. The van der Waals surface area contributed by atoms with Crippen molar-refractivity contribution in [1.82, 2.24) is 5.32 Å². The molecule has 0 aliphatic heterocycles. The van der Waals surface area contributed by atoms with Gasteiger partial charge < -0.3 is 10.1 Å². The Hall–Kier alpha value is -1.87. The number of hydrogen-bond acceptors (Lipinski definition) is 2. The van der Waals surface area contributed by atoms with Crippen LogP contribution in [0, 0.1) is 5.82 Å². The first-order valence-corrected chi connectivity index (χ1v) is 7.45. The van der Waals surface area contributed by atoms with Crippen LogP contribution in [0.25, 0.3) is 0 Å². The molecule has 0 radical (unpaired) electrons. The lowest BCUT2D eigenvalue weighted by Crippen LogP contribution is -2.18. The van der Waals surface area contributed by atoms with E-state index in [1.165, 1.54) is 17.7 Å². The van der Waals surface area contributed by atoms with E-state index in [9.17, 15) is 4.39 Å². The number of nitrogens with one attached hydrogen (secondary N) is 1. The molecule has 0 fully saturated rings. The molecule has 0 heterocycles. The summed E-state index contributed by atoms with van der Waals surface area (Å²) in [5.74, 6) is 0.290. The van der Waals surface area contributed by atoms with Gasteiger partial charge in [-0.1, -0.05) is 37.3 Å². The van der Waals surface area contributed by atoms with Crippen LogP contribution in [0.2, 0.25) is 0 Å². The van der Waals surface area contributed by atoms with Crippen molar-refractivity contribution in [3.63, 3.8) is 0 Å². The van der Waals surface area contributed by atoms with E-state index in [1.54, 1.807) is 12.1 Å². The van der Waals surface area contributed by atoms with Gasteiger partial charge in [0.1, 0.15) is 18.2 Å². The molecule has 0 bridgehead atoms. The smallest absolute Gasteiger partial charge is 0.126 e. The van der Waals surface area contributed by atoms with Crippen LogP contribution in [0.5, 0.6) is 5.75 Å². The maximum absolute atomic E-state index is 13.1. The third-order valence-electron chi connectivity index (χ3n) is 3.31. The topological polar surface area (TPSA) is 21.3 Å². The van der Waals surface area contributed by atoms with Crippen molar-refractivity contribution in [2.45, 2.75) is 26.4 Å². The van der Waals surface area contributed by atoms with E-state index in [0.717, 1.165) is 31.5 Å². The average molecular weight is 287 g/mol. The van der Waals surface area contributed by atoms with E-state index >= 15 is 0 Å². The summed E-state index contributed by atoms with van der Waals surface area (Å²) in [5.41, 5.74) is 2.43. The lowest BCUT2D eigenvalue weighted by Gasteiger charge is -2.11. The highest BCUT2D eigenvalue weighted by atomic mass is 19.1. The Morgan fingerprint density at radius 2 is 1.81 bits per heavy atom. The van der Waals surface area contributed by atoms with E-state index in [1.807, 2.05) is 12.1 Å². The molecule has 0 spiro atoms. The van der Waals surface area contributed by atoms with Crippen molar-refractivity contribution in [3.8, 4) is 5.75 Å². The van der Waals surface area contributed by atoms with Gasteiger partial charge in [0, 0.05) is 6.07 Å². The molecule has 21 heavy (non-hydrogen) atoms. The second kappa shape index (κ2) is 8.42. The third-order valence-corrected chi connectivity index (χ3v) is 3.31. The molecule has 0 aromatic heterocycles. The molecule has 2 nitrogen and oxygen atoms in total. The van der Waals surface area contributed by atoms with Gasteiger partial charge in [0.2, 0.25) is 0 Å². The van der Waals surface area contributed by atoms with Gasteiger partial charge in [-0.3, -0.25) is 0 Å². The number of ether oxygens (including phenoxy) is 1. The van der Waals surface area contributed by atoms with Crippen molar-refractivity contribution in [2.24, 2.45) is 0 Å². The molecule has 0 saturated carbocycles. The largest absolute Gasteiger partial charge is 0.489 e. The standard InChI is InChI=1S/C18H22FNO/c1-2-11-20-12-10-15-6-3-4-7-16(15)14-21-18-9-5-8-17(19)13-18/h3-9,13,20H,2,10-12,14H2,1H3. The van der Waals surface area contributed by atoms with Crippen LogP contribution in [0.15, 0.2) is 48.5 Å².